The quantitative estimate of drug-likeness (QED) is 0.883. The number of amides is 2. The molecule has 1 fully saturated rings. The third-order valence-electron chi connectivity index (χ3n) is 3.60. The van der Waals surface area contributed by atoms with Crippen LogP contribution in [0.3, 0.4) is 0 Å². The molecule has 1 saturated carbocycles. The van der Waals surface area contributed by atoms with E-state index in [0.717, 1.165) is 12.8 Å². The Morgan fingerprint density at radius 3 is 2.65 bits per heavy atom. The Morgan fingerprint density at radius 1 is 1.40 bits per heavy atom. The molecule has 0 aliphatic heterocycles. The van der Waals surface area contributed by atoms with Gasteiger partial charge in [-0.1, -0.05) is 12.8 Å². The lowest BCUT2D eigenvalue weighted by atomic mass is 10.2. The molecule has 20 heavy (non-hydrogen) atoms. The van der Waals surface area contributed by atoms with Crippen LogP contribution in [0.4, 0.5) is 10.5 Å². The summed E-state index contributed by atoms with van der Waals surface area (Å²) in [6.45, 7) is 0. The number of carboxylic acids is 1. The summed E-state index contributed by atoms with van der Waals surface area (Å²) in [4.78, 5) is 28.4. The fraction of sp³-hybridized carbons (Fsp3) is 0.500. The molecule has 0 saturated heterocycles. The van der Waals surface area contributed by atoms with Gasteiger partial charge in [0.15, 0.2) is 0 Å². The van der Waals surface area contributed by atoms with E-state index >= 15 is 0 Å². The number of hydrogen-bond acceptors (Lipinski definition) is 3. The normalized spacial score (nSPS) is 15.1. The molecule has 0 aromatic carbocycles. The SMILES string of the molecule is CN(C(=O)Nc1ccc(CC(=O)O)nc1)C1CCCC1. The van der Waals surface area contributed by atoms with Crippen LogP contribution in [0.25, 0.3) is 0 Å². The summed E-state index contributed by atoms with van der Waals surface area (Å²) in [5.41, 5.74) is 1.05. The Kier molecular flexibility index (Phi) is 4.55. The van der Waals surface area contributed by atoms with E-state index in [4.69, 9.17) is 5.11 Å². The van der Waals surface area contributed by atoms with Crippen molar-refractivity contribution in [2.24, 2.45) is 0 Å². The van der Waals surface area contributed by atoms with Crippen molar-refractivity contribution >= 4 is 17.7 Å². The lowest BCUT2D eigenvalue weighted by molar-refractivity contribution is -0.136. The number of rotatable bonds is 4. The van der Waals surface area contributed by atoms with Crippen LogP contribution in [0.2, 0.25) is 0 Å². The predicted octanol–water partition coefficient (Wildman–Crippen LogP) is 2.12. The van der Waals surface area contributed by atoms with Gasteiger partial charge in [0.25, 0.3) is 0 Å². The van der Waals surface area contributed by atoms with Crippen LogP contribution < -0.4 is 5.32 Å². The van der Waals surface area contributed by atoms with E-state index in [2.05, 4.69) is 10.3 Å². The van der Waals surface area contributed by atoms with E-state index in [-0.39, 0.29) is 12.5 Å². The molecule has 0 spiro atoms. The molecule has 6 nitrogen and oxygen atoms in total. The van der Waals surface area contributed by atoms with Gasteiger partial charge in [-0.2, -0.15) is 0 Å². The van der Waals surface area contributed by atoms with Crippen LogP contribution in [-0.2, 0) is 11.2 Å². The van der Waals surface area contributed by atoms with Crippen molar-refractivity contribution in [3.63, 3.8) is 0 Å². The third-order valence-corrected chi connectivity index (χ3v) is 3.60. The summed E-state index contributed by atoms with van der Waals surface area (Å²) in [6.07, 6.45) is 5.83. The molecular formula is C14H19N3O3. The van der Waals surface area contributed by atoms with Gasteiger partial charge < -0.3 is 15.3 Å². The number of carbonyl (C=O) groups is 2. The van der Waals surface area contributed by atoms with Crippen molar-refractivity contribution in [2.75, 3.05) is 12.4 Å². The second kappa shape index (κ2) is 6.36. The summed E-state index contributed by atoms with van der Waals surface area (Å²) < 4.78 is 0. The molecule has 108 valence electrons. The number of hydrogen-bond donors (Lipinski definition) is 2. The summed E-state index contributed by atoms with van der Waals surface area (Å²) in [5.74, 6) is -0.921. The van der Waals surface area contributed by atoms with Crippen molar-refractivity contribution in [2.45, 2.75) is 38.1 Å². The molecule has 1 aliphatic carbocycles. The fourth-order valence-corrected chi connectivity index (χ4v) is 2.43. The lowest BCUT2D eigenvalue weighted by Gasteiger charge is -2.24. The summed E-state index contributed by atoms with van der Waals surface area (Å²) >= 11 is 0. The monoisotopic (exact) mass is 277 g/mol. The molecule has 6 heteroatoms. The largest absolute Gasteiger partial charge is 0.481 e. The number of carboxylic acid groups (broad SMARTS) is 1. The van der Waals surface area contributed by atoms with E-state index in [1.165, 1.54) is 19.0 Å². The van der Waals surface area contributed by atoms with Crippen LogP contribution in [0.5, 0.6) is 0 Å². The highest BCUT2D eigenvalue weighted by Gasteiger charge is 2.23. The number of aliphatic carboxylic acids is 1. The van der Waals surface area contributed by atoms with Crippen molar-refractivity contribution in [3.8, 4) is 0 Å². The summed E-state index contributed by atoms with van der Waals surface area (Å²) in [7, 11) is 1.80. The van der Waals surface area contributed by atoms with Gasteiger partial charge in [-0.25, -0.2) is 4.79 Å². The first-order valence-corrected chi connectivity index (χ1v) is 6.77. The number of anilines is 1. The first-order chi connectivity index (χ1) is 9.56. The number of nitrogens with one attached hydrogen (secondary N) is 1. The number of nitrogens with zero attached hydrogens (tertiary/aromatic N) is 2. The maximum Gasteiger partial charge on any atom is 0.321 e. The Hall–Kier alpha value is -2.11. The van der Waals surface area contributed by atoms with E-state index in [1.807, 2.05) is 0 Å². The highest BCUT2D eigenvalue weighted by molar-refractivity contribution is 5.89. The van der Waals surface area contributed by atoms with Crippen LogP contribution in [0, 0.1) is 0 Å². The fourth-order valence-electron chi connectivity index (χ4n) is 2.43. The van der Waals surface area contributed by atoms with E-state index in [9.17, 15) is 9.59 Å². The molecule has 0 radical (unpaired) electrons. The Bertz CT molecular complexity index is 481. The zero-order valence-corrected chi connectivity index (χ0v) is 11.5. The molecule has 2 N–H and O–H groups in total. The van der Waals surface area contributed by atoms with E-state index in [1.54, 1.807) is 24.1 Å². The van der Waals surface area contributed by atoms with Crippen molar-refractivity contribution in [3.05, 3.63) is 24.0 Å². The standard InChI is InChI=1S/C14H19N3O3/c1-17(12-4-2-3-5-12)14(20)16-11-7-6-10(15-9-11)8-13(18)19/h6-7,9,12H,2-5,8H2,1H3,(H,16,20)(H,18,19). The number of carbonyl (C=O) groups excluding carboxylic acids is 1. The minimum atomic E-state index is -0.921. The predicted molar refractivity (Wildman–Crippen MR) is 74.6 cm³/mol. The zero-order chi connectivity index (χ0) is 14.5. The molecule has 0 unspecified atom stereocenters. The topological polar surface area (TPSA) is 82.5 Å². The van der Waals surface area contributed by atoms with Crippen LogP contribution in [-0.4, -0.2) is 40.1 Å². The smallest absolute Gasteiger partial charge is 0.321 e. The Labute approximate surface area is 117 Å². The summed E-state index contributed by atoms with van der Waals surface area (Å²) in [5, 5.41) is 11.4. The minimum absolute atomic E-state index is 0.115. The van der Waals surface area contributed by atoms with Gasteiger partial charge in [0.05, 0.1) is 24.0 Å². The zero-order valence-electron chi connectivity index (χ0n) is 11.5. The van der Waals surface area contributed by atoms with Crippen molar-refractivity contribution in [1.82, 2.24) is 9.88 Å². The molecule has 2 rings (SSSR count). The Morgan fingerprint density at radius 2 is 2.10 bits per heavy atom. The molecule has 0 atom stereocenters. The van der Waals surface area contributed by atoms with E-state index < -0.39 is 5.97 Å². The number of urea groups is 1. The van der Waals surface area contributed by atoms with Crippen LogP contribution in [0.1, 0.15) is 31.4 Å². The molecule has 1 aromatic heterocycles. The average Bonchev–Trinajstić information content (AvgIpc) is 2.93. The number of aromatic nitrogens is 1. The van der Waals surface area contributed by atoms with Gasteiger partial charge in [0.1, 0.15) is 0 Å². The molecule has 1 aliphatic rings. The van der Waals surface area contributed by atoms with Gasteiger partial charge in [-0.15, -0.1) is 0 Å². The van der Waals surface area contributed by atoms with Crippen molar-refractivity contribution in [1.29, 1.82) is 0 Å². The highest BCUT2D eigenvalue weighted by Crippen LogP contribution is 2.22. The van der Waals surface area contributed by atoms with Crippen LogP contribution >= 0.6 is 0 Å². The summed E-state index contributed by atoms with van der Waals surface area (Å²) in [6, 6.07) is 3.45. The van der Waals surface area contributed by atoms with Crippen LogP contribution in [0.15, 0.2) is 18.3 Å². The first kappa shape index (κ1) is 14.3. The second-order valence-corrected chi connectivity index (χ2v) is 5.09. The van der Waals surface area contributed by atoms with Gasteiger partial charge in [0, 0.05) is 13.1 Å². The first-order valence-electron chi connectivity index (χ1n) is 6.77. The molecule has 1 heterocycles. The maximum atomic E-state index is 12.1. The Balaban J connectivity index is 1.91. The van der Waals surface area contributed by atoms with Gasteiger partial charge in [-0.05, 0) is 25.0 Å². The number of pyridine rings is 1. The third kappa shape index (κ3) is 3.69. The van der Waals surface area contributed by atoms with Gasteiger partial charge in [-0.3, -0.25) is 9.78 Å². The van der Waals surface area contributed by atoms with E-state index in [0.29, 0.717) is 17.4 Å². The molecule has 1 aromatic rings. The lowest BCUT2D eigenvalue weighted by Crippen LogP contribution is -2.38. The average molecular weight is 277 g/mol. The van der Waals surface area contributed by atoms with Crippen molar-refractivity contribution < 1.29 is 14.7 Å². The molecule has 2 amide bonds. The minimum Gasteiger partial charge on any atom is -0.481 e. The van der Waals surface area contributed by atoms with Gasteiger partial charge >= 0.3 is 12.0 Å². The molecular weight excluding hydrogens is 258 g/mol. The second-order valence-electron chi connectivity index (χ2n) is 5.09. The molecule has 0 bridgehead atoms. The maximum absolute atomic E-state index is 12.1. The highest BCUT2D eigenvalue weighted by atomic mass is 16.4. The van der Waals surface area contributed by atoms with Gasteiger partial charge in [0.2, 0.25) is 0 Å².